The van der Waals surface area contributed by atoms with Crippen LogP contribution in [0.5, 0.6) is 0 Å². The lowest BCUT2D eigenvalue weighted by molar-refractivity contribution is 0.835. The Morgan fingerprint density at radius 3 is 2.56 bits per heavy atom. The van der Waals surface area contributed by atoms with E-state index in [9.17, 15) is 0 Å². The first kappa shape index (κ1) is 9.41. The Labute approximate surface area is 103 Å². The maximum absolute atomic E-state index is 4.49. The fourth-order valence-corrected chi connectivity index (χ4v) is 2.04. The molecule has 18 heavy (non-hydrogen) atoms. The molecular formula is C14H9N4. The molecule has 4 heteroatoms. The number of nitrogens with one attached hydrogen (secondary N) is 1. The first-order chi connectivity index (χ1) is 8.90. The Balaban J connectivity index is 1.95. The molecule has 0 bridgehead atoms. The van der Waals surface area contributed by atoms with E-state index in [0.717, 1.165) is 21.9 Å². The van der Waals surface area contributed by atoms with Gasteiger partial charge in [0.15, 0.2) is 0 Å². The van der Waals surface area contributed by atoms with Gasteiger partial charge in [-0.05, 0) is 18.2 Å². The summed E-state index contributed by atoms with van der Waals surface area (Å²) in [6.07, 6.45) is 3.18. The van der Waals surface area contributed by atoms with Crippen molar-refractivity contribution in [2.45, 2.75) is 0 Å². The molecule has 0 atom stereocenters. The van der Waals surface area contributed by atoms with Gasteiger partial charge in [-0.15, -0.1) is 0 Å². The number of benzene rings is 2. The van der Waals surface area contributed by atoms with Gasteiger partial charge in [0.05, 0.1) is 16.6 Å². The Bertz CT molecular complexity index is 703. The average molecular weight is 233 g/mol. The van der Waals surface area contributed by atoms with Crippen molar-refractivity contribution in [3.05, 3.63) is 54.7 Å². The van der Waals surface area contributed by atoms with Crippen LogP contribution in [0, 0.1) is 6.20 Å². The Hall–Kier alpha value is -2.62. The van der Waals surface area contributed by atoms with Crippen LogP contribution in [0.1, 0.15) is 0 Å². The van der Waals surface area contributed by atoms with Gasteiger partial charge in [-0.3, -0.25) is 0 Å². The Morgan fingerprint density at radius 1 is 0.944 bits per heavy atom. The number of aromatic nitrogens is 4. The maximum Gasteiger partial charge on any atom is 0.229 e. The molecule has 4 nitrogen and oxygen atoms in total. The number of nitrogens with zero attached hydrogens (tertiary/aromatic N) is 3. The largest absolute Gasteiger partial charge is 0.322 e. The second-order valence-electron chi connectivity index (χ2n) is 4.12. The van der Waals surface area contributed by atoms with Gasteiger partial charge in [-0.1, -0.05) is 30.3 Å². The summed E-state index contributed by atoms with van der Waals surface area (Å²) in [6, 6.07) is 15.8. The molecule has 4 aromatic rings. The first-order valence-electron chi connectivity index (χ1n) is 5.72. The average Bonchev–Trinajstić information content (AvgIpc) is 3.02. The molecule has 4 rings (SSSR count). The highest BCUT2D eigenvalue weighted by atomic mass is 15.3. The molecule has 2 heterocycles. The number of hydrogen-bond acceptors (Lipinski definition) is 2. The SMILES string of the molecule is [c]1c2ccccc2nn1-c1nc2ccccc2[nH]1. The minimum Gasteiger partial charge on any atom is -0.322 e. The summed E-state index contributed by atoms with van der Waals surface area (Å²) in [5.41, 5.74) is 2.85. The van der Waals surface area contributed by atoms with Crippen LogP contribution in [0.25, 0.3) is 27.9 Å². The van der Waals surface area contributed by atoms with Gasteiger partial charge in [-0.2, -0.15) is 9.78 Å². The van der Waals surface area contributed by atoms with E-state index in [1.165, 1.54) is 0 Å². The minimum absolute atomic E-state index is 0.687. The summed E-state index contributed by atoms with van der Waals surface area (Å²) in [6.45, 7) is 0. The van der Waals surface area contributed by atoms with Gasteiger partial charge in [0.2, 0.25) is 5.95 Å². The third kappa shape index (κ3) is 1.32. The van der Waals surface area contributed by atoms with Gasteiger partial charge in [-0.25, -0.2) is 4.98 Å². The van der Waals surface area contributed by atoms with Gasteiger partial charge < -0.3 is 4.98 Å². The Morgan fingerprint density at radius 2 is 1.72 bits per heavy atom. The summed E-state index contributed by atoms with van der Waals surface area (Å²) in [5, 5.41) is 5.43. The number of para-hydroxylation sites is 2. The van der Waals surface area contributed by atoms with Gasteiger partial charge in [0.1, 0.15) is 6.20 Å². The summed E-state index contributed by atoms with van der Waals surface area (Å²) in [7, 11) is 0. The molecule has 0 aliphatic rings. The van der Waals surface area contributed by atoms with Crippen molar-refractivity contribution in [1.29, 1.82) is 0 Å². The van der Waals surface area contributed by atoms with E-state index < -0.39 is 0 Å². The van der Waals surface area contributed by atoms with Crippen molar-refractivity contribution in [1.82, 2.24) is 19.7 Å². The fourth-order valence-electron chi connectivity index (χ4n) is 2.04. The number of fused-ring (bicyclic) bond motifs is 2. The summed E-state index contributed by atoms with van der Waals surface area (Å²) in [5.74, 6) is 0.687. The van der Waals surface area contributed by atoms with Crippen molar-refractivity contribution in [2.75, 3.05) is 0 Å². The predicted molar refractivity (Wildman–Crippen MR) is 69.6 cm³/mol. The molecule has 1 N–H and O–H groups in total. The zero-order chi connectivity index (χ0) is 11.9. The van der Waals surface area contributed by atoms with E-state index in [0.29, 0.717) is 5.95 Å². The monoisotopic (exact) mass is 233 g/mol. The van der Waals surface area contributed by atoms with Crippen LogP contribution in [-0.2, 0) is 0 Å². The lowest BCUT2D eigenvalue weighted by Crippen LogP contribution is -1.96. The standard InChI is InChI=1S/C14H9N4/c1-2-6-11-10(5-1)9-18(17-11)14-15-12-7-3-4-8-13(12)16-14/h1-8H,(H,15,16). The summed E-state index contributed by atoms with van der Waals surface area (Å²) >= 11 is 0. The highest BCUT2D eigenvalue weighted by Gasteiger charge is 2.07. The summed E-state index contributed by atoms with van der Waals surface area (Å²) in [4.78, 5) is 7.72. The van der Waals surface area contributed by atoms with E-state index >= 15 is 0 Å². The molecule has 2 aromatic carbocycles. The van der Waals surface area contributed by atoms with Gasteiger partial charge in [0, 0.05) is 5.39 Å². The van der Waals surface area contributed by atoms with Crippen molar-refractivity contribution in [3.8, 4) is 5.95 Å². The van der Waals surface area contributed by atoms with Crippen molar-refractivity contribution < 1.29 is 0 Å². The zero-order valence-electron chi connectivity index (χ0n) is 9.46. The lowest BCUT2D eigenvalue weighted by atomic mass is 10.3. The molecule has 0 saturated carbocycles. The topological polar surface area (TPSA) is 46.5 Å². The van der Waals surface area contributed by atoms with E-state index in [4.69, 9.17) is 0 Å². The fraction of sp³-hybridized carbons (Fsp3) is 0. The zero-order valence-corrected chi connectivity index (χ0v) is 9.46. The quantitative estimate of drug-likeness (QED) is 0.549. The molecule has 0 amide bonds. The molecular weight excluding hydrogens is 224 g/mol. The second kappa shape index (κ2) is 3.43. The molecule has 0 aliphatic carbocycles. The minimum atomic E-state index is 0.687. The van der Waals surface area contributed by atoms with E-state index in [2.05, 4.69) is 21.3 Å². The van der Waals surface area contributed by atoms with Crippen LogP contribution in [0.3, 0.4) is 0 Å². The molecule has 85 valence electrons. The summed E-state index contributed by atoms with van der Waals surface area (Å²) < 4.78 is 1.66. The van der Waals surface area contributed by atoms with Gasteiger partial charge in [0.25, 0.3) is 0 Å². The van der Waals surface area contributed by atoms with Crippen molar-refractivity contribution in [2.24, 2.45) is 0 Å². The van der Waals surface area contributed by atoms with Crippen LogP contribution < -0.4 is 0 Å². The first-order valence-corrected chi connectivity index (χ1v) is 5.72. The molecule has 1 radical (unpaired) electrons. The number of hydrogen-bond donors (Lipinski definition) is 1. The van der Waals surface area contributed by atoms with Crippen LogP contribution in [0.4, 0.5) is 0 Å². The normalized spacial score (nSPS) is 11.3. The number of H-pyrrole nitrogens is 1. The number of aromatic amines is 1. The van der Waals surface area contributed by atoms with E-state index in [1.54, 1.807) is 4.68 Å². The van der Waals surface area contributed by atoms with E-state index in [-0.39, 0.29) is 0 Å². The molecule has 0 fully saturated rings. The molecule has 2 aromatic heterocycles. The van der Waals surface area contributed by atoms with Crippen LogP contribution in [0.15, 0.2) is 48.5 Å². The van der Waals surface area contributed by atoms with Crippen molar-refractivity contribution in [3.63, 3.8) is 0 Å². The lowest BCUT2D eigenvalue weighted by Gasteiger charge is -1.91. The molecule has 0 unspecified atom stereocenters. The van der Waals surface area contributed by atoms with Crippen LogP contribution >= 0.6 is 0 Å². The molecule has 0 aliphatic heterocycles. The van der Waals surface area contributed by atoms with Crippen LogP contribution in [-0.4, -0.2) is 19.7 Å². The third-order valence-electron chi connectivity index (χ3n) is 2.92. The second-order valence-corrected chi connectivity index (χ2v) is 4.12. The number of imidazole rings is 1. The Kier molecular flexibility index (Phi) is 1.80. The molecule has 0 saturated heterocycles. The highest BCUT2D eigenvalue weighted by molar-refractivity contribution is 5.79. The van der Waals surface area contributed by atoms with Crippen LogP contribution in [0.2, 0.25) is 0 Å². The number of rotatable bonds is 1. The molecule has 0 spiro atoms. The van der Waals surface area contributed by atoms with Crippen molar-refractivity contribution >= 4 is 21.9 Å². The smallest absolute Gasteiger partial charge is 0.229 e. The maximum atomic E-state index is 4.49. The van der Waals surface area contributed by atoms with Gasteiger partial charge >= 0.3 is 0 Å². The predicted octanol–water partition coefficient (Wildman–Crippen LogP) is 2.70. The highest BCUT2D eigenvalue weighted by Crippen LogP contribution is 2.16. The third-order valence-corrected chi connectivity index (χ3v) is 2.92. The van der Waals surface area contributed by atoms with E-state index in [1.807, 2.05) is 48.5 Å².